The molecule has 0 saturated carbocycles. The zero-order valence-corrected chi connectivity index (χ0v) is 10.5. The summed E-state index contributed by atoms with van der Waals surface area (Å²) < 4.78 is 6.96. The summed E-state index contributed by atoms with van der Waals surface area (Å²) in [7, 11) is 3.32. The summed E-state index contributed by atoms with van der Waals surface area (Å²) in [5.74, 6) is -0.416. The average Bonchev–Trinajstić information content (AvgIpc) is 2.71. The molecule has 0 saturated heterocycles. The van der Waals surface area contributed by atoms with E-state index in [2.05, 4.69) is 4.98 Å². The minimum absolute atomic E-state index is 0.0291. The third-order valence-electron chi connectivity index (χ3n) is 2.75. The van der Waals surface area contributed by atoms with Crippen molar-refractivity contribution >= 4 is 5.97 Å². The number of benzene rings is 1. The largest absolute Gasteiger partial charge is 0.496 e. The number of imidazole rings is 1. The van der Waals surface area contributed by atoms with Crippen LogP contribution in [-0.4, -0.2) is 27.7 Å². The van der Waals surface area contributed by atoms with E-state index in [4.69, 9.17) is 9.84 Å². The van der Waals surface area contributed by atoms with Crippen LogP contribution in [-0.2, 0) is 7.05 Å². The molecule has 0 aliphatic rings. The molecular formula is C13H14N2O3. The minimum Gasteiger partial charge on any atom is -0.496 e. The molecule has 0 aliphatic carbocycles. The zero-order chi connectivity index (χ0) is 13.3. The third kappa shape index (κ3) is 1.95. The Morgan fingerprint density at radius 2 is 2.17 bits per heavy atom. The molecule has 0 spiro atoms. The van der Waals surface area contributed by atoms with Crippen LogP contribution in [0.4, 0.5) is 0 Å². The number of methoxy groups -OCH3 is 1. The smallest absolute Gasteiger partial charge is 0.356 e. The second-order valence-electron chi connectivity index (χ2n) is 4.06. The van der Waals surface area contributed by atoms with E-state index >= 15 is 0 Å². The topological polar surface area (TPSA) is 64.3 Å². The summed E-state index contributed by atoms with van der Waals surface area (Å²) in [6.45, 7) is 1.94. The fourth-order valence-corrected chi connectivity index (χ4v) is 1.91. The Morgan fingerprint density at radius 3 is 2.78 bits per heavy atom. The lowest BCUT2D eigenvalue weighted by Gasteiger charge is -2.10. The number of aryl methyl sites for hydroxylation is 2. The second-order valence-corrected chi connectivity index (χ2v) is 4.06. The molecule has 0 fully saturated rings. The van der Waals surface area contributed by atoms with Gasteiger partial charge in [0.1, 0.15) is 5.75 Å². The Bertz CT molecular complexity index is 602. The number of nitrogens with zero attached hydrogens (tertiary/aromatic N) is 2. The Kier molecular flexibility index (Phi) is 3.06. The third-order valence-corrected chi connectivity index (χ3v) is 2.75. The maximum absolute atomic E-state index is 11.2. The SMILES string of the molecule is COc1ccc(C)cc1-c1c(C(=O)O)ncn1C. The summed E-state index contributed by atoms with van der Waals surface area (Å²) in [6, 6.07) is 5.63. The highest BCUT2D eigenvalue weighted by molar-refractivity contribution is 5.94. The fourth-order valence-electron chi connectivity index (χ4n) is 1.91. The standard InChI is InChI=1S/C13H14N2O3/c1-8-4-5-10(18-3)9(6-8)12-11(13(16)17)14-7-15(12)2/h4-7H,1-3H3,(H,16,17). The molecule has 0 radical (unpaired) electrons. The highest BCUT2D eigenvalue weighted by Gasteiger charge is 2.20. The van der Waals surface area contributed by atoms with Crippen LogP contribution in [0.25, 0.3) is 11.3 Å². The molecule has 2 aromatic rings. The van der Waals surface area contributed by atoms with E-state index < -0.39 is 5.97 Å². The van der Waals surface area contributed by atoms with Crippen LogP contribution in [0.5, 0.6) is 5.75 Å². The van der Waals surface area contributed by atoms with Crippen LogP contribution in [0.15, 0.2) is 24.5 Å². The predicted molar refractivity (Wildman–Crippen MR) is 66.9 cm³/mol. The fraction of sp³-hybridized carbons (Fsp3) is 0.231. The van der Waals surface area contributed by atoms with E-state index in [1.165, 1.54) is 6.33 Å². The summed E-state index contributed by atoms with van der Waals surface area (Å²) in [5.41, 5.74) is 2.34. The summed E-state index contributed by atoms with van der Waals surface area (Å²) in [6.07, 6.45) is 1.49. The summed E-state index contributed by atoms with van der Waals surface area (Å²) in [4.78, 5) is 15.1. The Labute approximate surface area is 105 Å². The molecule has 18 heavy (non-hydrogen) atoms. The van der Waals surface area contributed by atoms with Gasteiger partial charge in [0.05, 0.1) is 19.1 Å². The number of aromatic carboxylic acids is 1. The molecule has 5 nitrogen and oxygen atoms in total. The van der Waals surface area contributed by atoms with Gasteiger partial charge in [0.25, 0.3) is 0 Å². The van der Waals surface area contributed by atoms with E-state index in [0.717, 1.165) is 11.1 Å². The minimum atomic E-state index is -1.05. The highest BCUT2D eigenvalue weighted by Crippen LogP contribution is 2.32. The van der Waals surface area contributed by atoms with Crippen molar-refractivity contribution in [2.24, 2.45) is 7.05 Å². The van der Waals surface area contributed by atoms with Gasteiger partial charge < -0.3 is 14.4 Å². The molecule has 0 atom stereocenters. The van der Waals surface area contributed by atoms with Crippen LogP contribution in [0.1, 0.15) is 16.1 Å². The van der Waals surface area contributed by atoms with Crippen molar-refractivity contribution in [3.63, 3.8) is 0 Å². The number of carboxylic acids is 1. The molecular weight excluding hydrogens is 232 g/mol. The van der Waals surface area contributed by atoms with Crippen molar-refractivity contribution in [3.8, 4) is 17.0 Å². The van der Waals surface area contributed by atoms with Gasteiger partial charge in [-0.15, -0.1) is 0 Å². The van der Waals surface area contributed by atoms with E-state index in [1.54, 1.807) is 18.7 Å². The Balaban J connectivity index is 2.71. The van der Waals surface area contributed by atoms with Crippen LogP contribution in [0.2, 0.25) is 0 Å². The lowest BCUT2D eigenvalue weighted by atomic mass is 10.1. The van der Waals surface area contributed by atoms with Crippen molar-refractivity contribution in [1.82, 2.24) is 9.55 Å². The van der Waals surface area contributed by atoms with Gasteiger partial charge in [-0.1, -0.05) is 11.6 Å². The van der Waals surface area contributed by atoms with Gasteiger partial charge in [0.15, 0.2) is 5.69 Å². The normalized spacial score (nSPS) is 10.4. The lowest BCUT2D eigenvalue weighted by molar-refractivity contribution is 0.0692. The molecule has 1 aromatic carbocycles. The van der Waals surface area contributed by atoms with Crippen molar-refractivity contribution in [1.29, 1.82) is 0 Å². The van der Waals surface area contributed by atoms with Crippen molar-refractivity contribution < 1.29 is 14.6 Å². The number of hydrogen-bond donors (Lipinski definition) is 1. The van der Waals surface area contributed by atoms with E-state index in [1.807, 2.05) is 25.1 Å². The first-order valence-electron chi connectivity index (χ1n) is 5.44. The Morgan fingerprint density at radius 1 is 1.44 bits per heavy atom. The lowest BCUT2D eigenvalue weighted by Crippen LogP contribution is -2.02. The second kappa shape index (κ2) is 4.52. The van der Waals surface area contributed by atoms with E-state index in [-0.39, 0.29) is 5.69 Å². The zero-order valence-electron chi connectivity index (χ0n) is 10.5. The Hall–Kier alpha value is -2.30. The van der Waals surface area contributed by atoms with Gasteiger partial charge in [0, 0.05) is 12.6 Å². The monoisotopic (exact) mass is 246 g/mol. The first-order chi connectivity index (χ1) is 8.54. The molecule has 1 heterocycles. The van der Waals surface area contributed by atoms with Crippen LogP contribution >= 0.6 is 0 Å². The van der Waals surface area contributed by atoms with Crippen molar-refractivity contribution in [3.05, 3.63) is 35.8 Å². The first kappa shape index (κ1) is 12.2. The van der Waals surface area contributed by atoms with Gasteiger partial charge in [-0.25, -0.2) is 9.78 Å². The summed E-state index contributed by atoms with van der Waals surface area (Å²) in [5, 5.41) is 9.16. The maximum atomic E-state index is 11.2. The first-order valence-corrected chi connectivity index (χ1v) is 5.44. The van der Waals surface area contributed by atoms with Gasteiger partial charge in [0.2, 0.25) is 0 Å². The van der Waals surface area contributed by atoms with Gasteiger partial charge in [-0.05, 0) is 19.1 Å². The number of rotatable bonds is 3. The number of hydrogen-bond acceptors (Lipinski definition) is 3. The molecule has 0 bridgehead atoms. The molecule has 0 amide bonds. The number of carboxylic acid groups (broad SMARTS) is 1. The molecule has 0 unspecified atom stereocenters. The molecule has 0 aliphatic heterocycles. The summed E-state index contributed by atoms with van der Waals surface area (Å²) >= 11 is 0. The highest BCUT2D eigenvalue weighted by atomic mass is 16.5. The van der Waals surface area contributed by atoms with Gasteiger partial charge >= 0.3 is 5.97 Å². The van der Waals surface area contributed by atoms with Crippen molar-refractivity contribution in [2.75, 3.05) is 7.11 Å². The quantitative estimate of drug-likeness (QED) is 0.900. The average molecular weight is 246 g/mol. The van der Waals surface area contributed by atoms with Gasteiger partial charge in [-0.2, -0.15) is 0 Å². The van der Waals surface area contributed by atoms with E-state index in [9.17, 15) is 4.79 Å². The molecule has 5 heteroatoms. The van der Waals surface area contributed by atoms with Crippen LogP contribution < -0.4 is 4.74 Å². The number of aromatic nitrogens is 2. The van der Waals surface area contributed by atoms with Crippen LogP contribution in [0.3, 0.4) is 0 Å². The molecule has 1 N–H and O–H groups in total. The molecule has 94 valence electrons. The van der Waals surface area contributed by atoms with Gasteiger partial charge in [-0.3, -0.25) is 0 Å². The number of ether oxygens (including phenoxy) is 1. The predicted octanol–water partition coefficient (Wildman–Crippen LogP) is 2.10. The van der Waals surface area contributed by atoms with Crippen molar-refractivity contribution in [2.45, 2.75) is 6.92 Å². The maximum Gasteiger partial charge on any atom is 0.356 e. The van der Waals surface area contributed by atoms with Crippen LogP contribution in [0, 0.1) is 6.92 Å². The number of carbonyl (C=O) groups is 1. The molecule has 1 aromatic heterocycles. The molecule has 2 rings (SSSR count). The van der Waals surface area contributed by atoms with E-state index in [0.29, 0.717) is 11.4 Å².